The number of carbonyl (C=O) groups is 1. The van der Waals surface area contributed by atoms with Crippen LogP contribution < -0.4 is 10.2 Å². The fourth-order valence-corrected chi connectivity index (χ4v) is 3.24. The first-order valence-electron chi connectivity index (χ1n) is 8.93. The number of aromatic nitrogens is 2. The Morgan fingerprint density at radius 3 is 2.61 bits per heavy atom. The van der Waals surface area contributed by atoms with Crippen LogP contribution in [0.2, 0.25) is 5.02 Å². The molecular weight excluding hydrogens is 386 g/mol. The summed E-state index contributed by atoms with van der Waals surface area (Å²) in [4.78, 5) is 33.2. The van der Waals surface area contributed by atoms with E-state index in [2.05, 4.69) is 15.3 Å². The molecule has 10 heteroatoms. The lowest BCUT2D eigenvalue weighted by molar-refractivity contribution is -0.383. The third-order valence-corrected chi connectivity index (χ3v) is 4.76. The van der Waals surface area contributed by atoms with Crippen molar-refractivity contribution in [2.75, 3.05) is 29.9 Å². The number of halogens is 1. The number of anilines is 3. The van der Waals surface area contributed by atoms with Crippen molar-refractivity contribution in [3.8, 4) is 0 Å². The zero-order valence-corrected chi connectivity index (χ0v) is 16.1. The van der Waals surface area contributed by atoms with E-state index in [1.54, 1.807) is 31.2 Å². The van der Waals surface area contributed by atoms with Crippen LogP contribution in [0.4, 0.5) is 23.0 Å². The summed E-state index contributed by atoms with van der Waals surface area (Å²) in [5.74, 6) is -0.0724. The molecule has 0 radical (unpaired) electrons. The first-order valence-corrected chi connectivity index (χ1v) is 9.31. The van der Waals surface area contributed by atoms with E-state index in [1.165, 1.54) is 6.33 Å². The maximum atomic E-state index is 11.9. The second-order valence-corrected chi connectivity index (χ2v) is 6.73. The molecule has 1 aromatic heterocycles. The van der Waals surface area contributed by atoms with E-state index in [1.807, 2.05) is 4.90 Å². The zero-order valence-electron chi connectivity index (χ0n) is 15.3. The first-order chi connectivity index (χ1) is 13.5. The molecule has 0 unspecified atom stereocenters. The molecule has 0 saturated carbocycles. The lowest BCUT2D eigenvalue weighted by Gasteiger charge is -2.31. The summed E-state index contributed by atoms with van der Waals surface area (Å²) in [5.41, 5.74) is 0.421. The normalized spacial score (nSPS) is 14.6. The van der Waals surface area contributed by atoms with Gasteiger partial charge in [0.2, 0.25) is 11.6 Å². The summed E-state index contributed by atoms with van der Waals surface area (Å²) < 4.78 is 5.07. The molecule has 1 fully saturated rings. The fourth-order valence-electron chi connectivity index (χ4n) is 3.12. The van der Waals surface area contributed by atoms with Crippen LogP contribution >= 0.6 is 11.6 Å². The van der Waals surface area contributed by atoms with Crippen LogP contribution in [0.5, 0.6) is 0 Å². The van der Waals surface area contributed by atoms with Gasteiger partial charge < -0.3 is 15.0 Å². The molecular formula is C18H20ClN5O4. The Morgan fingerprint density at radius 2 is 2.00 bits per heavy atom. The van der Waals surface area contributed by atoms with Gasteiger partial charge >= 0.3 is 11.7 Å². The zero-order chi connectivity index (χ0) is 20.1. The van der Waals surface area contributed by atoms with Crippen LogP contribution in [0.1, 0.15) is 19.8 Å². The largest absolute Gasteiger partial charge is 0.466 e. The van der Waals surface area contributed by atoms with Crippen molar-refractivity contribution in [2.24, 2.45) is 5.92 Å². The number of ether oxygens (including phenoxy) is 1. The lowest BCUT2D eigenvalue weighted by Crippen LogP contribution is -2.37. The number of esters is 1. The molecule has 3 rings (SSSR count). The Morgan fingerprint density at radius 1 is 1.32 bits per heavy atom. The van der Waals surface area contributed by atoms with Crippen molar-refractivity contribution in [3.63, 3.8) is 0 Å². The summed E-state index contributed by atoms with van der Waals surface area (Å²) in [6.07, 6.45) is 2.40. The molecule has 2 aromatic rings. The Bertz CT molecular complexity index is 854. The molecule has 9 nitrogen and oxygen atoms in total. The predicted octanol–water partition coefficient (Wildman–Crippen LogP) is 3.56. The highest BCUT2D eigenvalue weighted by Gasteiger charge is 2.32. The van der Waals surface area contributed by atoms with Crippen molar-refractivity contribution in [2.45, 2.75) is 19.8 Å². The molecule has 1 N–H and O–H groups in total. The molecule has 1 aliphatic rings. The van der Waals surface area contributed by atoms with E-state index < -0.39 is 4.92 Å². The smallest absolute Gasteiger partial charge is 0.353 e. The molecule has 0 atom stereocenters. The van der Waals surface area contributed by atoms with Crippen LogP contribution in [0.25, 0.3) is 0 Å². The van der Waals surface area contributed by atoms with E-state index in [0.29, 0.717) is 43.2 Å². The number of benzene rings is 1. The maximum Gasteiger partial charge on any atom is 0.353 e. The van der Waals surface area contributed by atoms with E-state index in [-0.39, 0.29) is 29.2 Å². The Hall–Kier alpha value is -2.94. The van der Waals surface area contributed by atoms with Crippen LogP contribution in [-0.2, 0) is 9.53 Å². The predicted molar refractivity (Wildman–Crippen MR) is 105 cm³/mol. The van der Waals surface area contributed by atoms with Crippen molar-refractivity contribution in [1.82, 2.24) is 9.97 Å². The van der Waals surface area contributed by atoms with Gasteiger partial charge in [0.05, 0.1) is 17.4 Å². The Kier molecular flexibility index (Phi) is 6.25. The molecule has 2 heterocycles. The van der Waals surface area contributed by atoms with Crippen molar-refractivity contribution >= 4 is 40.6 Å². The number of piperidine rings is 1. The first kappa shape index (κ1) is 19.8. The minimum absolute atomic E-state index is 0.102. The van der Waals surface area contributed by atoms with Crippen LogP contribution in [0.15, 0.2) is 30.6 Å². The van der Waals surface area contributed by atoms with Crippen molar-refractivity contribution in [1.29, 1.82) is 0 Å². The highest BCUT2D eigenvalue weighted by atomic mass is 35.5. The summed E-state index contributed by atoms with van der Waals surface area (Å²) >= 11 is 5.88. The number of rotatable bonds is 6. The van der Waals surface area contributed by atoms with E-state index in [4.69, 9.17) is 16.3 Å². The molecule has 148 valence electrons. The molecule has 1 saturated heterocycles. The minimum atomic E-state index is -0.495. The van der Waals surface area contributed by atoms with Gasteiger partial charge in [0, 0.05) is 23.8 Å². The SMILES string of the molecule is CCOC(=O)C1CCN(c2ncnc(Nc3ccc(Cl)cc3)c2[N+](=O)[O-])CC1. The number of nitro groups is 1. The number of hydrogen-bond donors (Lipinski definition) is 1. The average Bonchev–Trinajstić information content (AvgIpc) is 2.69. The van der Waals surface area contributed by atoms with Gasteiger partial charge in [-0.2, -0.15) is 0 Å². The van der Waals surface area contributed by atoms with E-state index in [0.717, 1.165) is 0 Å². The monoisotopic (exact) mass is 405 g/mol. The standard InChI is InChI=1S/C18H20ClN5O4/c1-2-28-18(25)12-7-9-23(10-8-12)17-15(24(26)27)16(20-11-21-17)22-14-5-3-13(19)4-6-14/h3-6,11-12H,2,7-10H2,1H3,(H,20,21,22). The van der Waals surface area contributed by atoms with Crippen LogP contribution in [0, 0.1) is 16.0 Å². The van der Waals surface area contributed by atoms with Crippen molar-refractivity contribution < 1.29 is 14.5 Å². The summed E-state index contributed by atoms with van der Waals surface area (Å²) in [6.45, 7) is 3.06. The van der Waals surface area contributed by atoms with Gasteiger partial charge in [-0.15, -0.1) is 0 Å². The molecule has 1 aromatic carbocycles. The lowest BCUT2D eigenvalue weighted by atomic mass is 9.97. The van der Waals surface area contributed by atoms with Gasteiger partial charge in [0.25, 0.3) is 0 Å². The minimum Gasteiger partial charge on any atom is -0.466 e. The van der Waals surface area contributed by atoms with Gasteiger partial charge in [-0.1, -0.05) is 11.6 Å². The third-order valence-electron chi connectivity index (χ3n) is 4.51. The number of hydrogen-bond acceptors (Lipinski definition) is 8. The topological polar surface area (TPSA) is 110 Å². The summed E-state index contributed by atoms with van der Waals surface area (Å²) in [7, 11) is 0. The number of nitrogens with one attached hydrogen (secondary N) is 1. The van der Waals surface area contributed by atoms with Crippen molar-refractivity contribution in [3.05, 3.63) is 45.7 Å². The highest BCUT2D eigenvalue weighted by molar-refractivity contribution is 6.30. The molecule has 0 aliphatic carbocycles. The van der Waals surface area contributed by atoms with E-state index in [9.17, 15) is 14.9 Å². The number of nitrogens with zero attached hydrogens (tertiary/aromatic N) is 4. The van der Waals surface area contributed by atoms with Gasteiger partial charge in [-0.25, -0.2) is 9.97 Å². The van der Waals surface area contributed by atoms with E-state index >= 15 is 0 Å². The molecule has 0 bridgehead atoms. The summed E-state index contributed by atoms with van der Waals surface area (Å²) in [5, 5.41) is 15.3. The van der Waals surface area contributed by atoms with Gasteiger partial charge in [-0.05, 0) is 44.0 Å². The quantitative estimate of drug-likeness (QED) is 0.441. The van der Waals surface area contributed by atoms with Gasteiger partial charge in [0.15, 0.2) is 0 Å². The molecule has 0 spiro atoms. The Balaban J connectivity index is 1.81. The second-order valence-electron chi connectivity index (χ2n) is 6.30. The second kappa shape index (κ2) is 8.83. The number of carbonyl (C=O) groups excluding carboxylic acids is 1. The summed E-state index contributed by atoms with van der Waals surface area (Å²) in [6, 6.07) is 6.77. The molecule has 0 amide bonds. The van der Waals surface area contributed by atoms with Crippen LogP contribution in [0.3, 0.4) is 0 Å². The fraction of sp³-hybridized carbons (Fsp3) is 0.389. The maximum absolute atomic E-state index is 11.9. The highest BCUT2D eigenvalue weighted by Crippen LogP contribution is 2.35. The third kappa shape index (κ3) is 4.48. The average molecular weight is 406 g/mol. The molecule has 1 aliphatic heterocycles. The van der Waals surface area contributed by atoms with Crippen LogP contribution in [-0.4, -0.2) is 40.6 Å². The van der Waals surface area contributed by atoms with Gasteiger partial charge in [-0.3, -0.25) is 14.9 Å². The molecule has 28 heavy (non-hydrogen) atoms. The Labute approximate surface area is 166 Å². The van der Waals surface area contributed by atoms with Gasteiger partial charge in [0.1, 0.15) is 6.33 Å².